The second kappa shape index (κ2) is 12.5. The Labute approximate surface area is 190 Å². The van der Waals surface area contributed by atoms with E-state index in [4.69, 9.17) is 10.00 Å². The van der Waals surface area contributed by atoms with Gasteiger partial charge in [-0.05, 0) is 62.2 Å². The van der Waals surface area contributed by atoms with Gasteiger partial charge in [0.25, 0.3) is 0 Å². The van der Waals surface area contributed by atoms with Crippen LogP contribution in [0.5, 0.6) is 5.75 Å². The number of nitrogens with one attached hydrogen (secondary N) is 1. The molecule has 32 heavy (non-hydrogen) atoms. The van der Waals surface area contributed by atoms with E-state index in [0.29, 0.717) is 24.5 Å². The lowest BCUT2D eigenvalue weighted by Crippen LogP contribution is -2.44. The van der Waals surface area contributed by atoms with Gasteiger partial charge in [0.15, 0.2) is 0 Å². The Morgan fingerprint density at radius 3 is 2.38 bits per heavy atom. The molecule has 0 fully saturated rings. The molecule has 0 radical (unpaired) electrons. The van der Waals surface area contributed by atoms with Crippen molar-refractivity contribution in [3.8, 4) is 11.8 Å². The number of nitriles is 1. The lowest BCUT2D eigenvalue weighted by atomic mass is 10.1. The van der Waals surface area contributed by atoms with Gasteiger partial charge in [-0.15, -0.1) is 0 Å². The number of amides is 2. The molecule has 0 atom stereocenters. The molecule has 0 bridgehead atoms. The highest BCUT2D eigenvalue weighted by Gasteiger charge is 2.21. The van der Waals surface area contributed by atoms with E-state index in [1.165, 1.54) is 0 Å². The van der Waals surface area contributed by atoms with E-state index < -0.39 is 0 Å². The first kappa shape index (κ1) is 24.9. The van der Waals surface area contributed by atoms with E-state index in [1.54, 1.807) is 24.1 Å². The first-order valence-corrected chi connectivity index (χ1v) is 10.8. The van der Waals surface area contributed by atoms with E-state index in [2.05, 4.69) is 11.4 Å². The third kappa shape index (κ3) is 7.40. The molecule has 0 aliphatic carbocycles. The van der Waals surface area contributed by atoms with Crippen molar-refractivity contribution >= 4 is 23.2 Å². The molecule has 0 aliphatic heterocycles. The molecule has 0 saturated carbocycles. The Kier molecular flexibility index (Phi) is 9.71. The van der Waals surface area contributed by atoms with Crippen molar-refractivity contribution in [1.29, 1.82) is 5.26 Å². The summed E-state index contributed by atoms with van der Waals surface area (Å²) in [4.78, 5) is 29.4. The van der Waals surface area contributed by atoms with Crippen molar-refractivity contribution in [2.24, 2.45) is 0 Å². The van der Waals surface area contributed by atoms with Gasteiger partial charge in [0, 0.05) is 12.2 Å². The lowest BCUT2D eigenvalue weighted by Gasteiger charge is -2.27. The zero-order valence-electron chi connectivity index (χ0n) is 19.4. The van der Waals surface area contributed by atoms with Crippen LogP contribution < -0.4 is 15.0 Å². The standard InChI is InChI=1S/C25H32N4O3/c1-5-12-28(17-24(30)27-22-9-6-7-10-23(22)32-4)18-25(31)29(13-8-11-26)21-15-19(2)14-20(3)16-21/h6-7,9-10,14-16H,5,8,12-13,17-18H2,1-4H3,(H,27,30). The average Bonchev–Trinajstić information content (AvgIpc) is 2.74. The van der Waals surface area contributed by atoms with Crippen LogP contribution in [0.4, 0.5) is 11.4 Å². The largest absolute Gasteiger partial charge is 0.495 e. The number of hydrogen-bond acceptors (Lipinski definition) is 5. The maximum Gasteiger partial charge on any atom is 0.241 e. The van der Waals surface area contributed by atoms with Gasteiger partial charge in [0.05, 0.1) is 38.4 Å². The van der Waals surface area contributed by atoms with Crippen LogP contribution in [0.15, 0.2) is 42.5 Å². The Balaban J connectivity index is 2.13. The Bertz CT molecular complexity index is 948. The van der Waals surface area contributed by atoms with Crippen LogP contribution in [-0.4, -0.2) is 50.0 Å². The van der Waals surface area contributed by atoms with Crippen molar-refractivity contribution < 1.29 is 14.3 Å². The number of ether oxygens (including phenoxy) is 1. The van der Waals surface area contributed by atoms with Crippen LogP contribution in [0.1, 0.15) is 30.9 Å². The summed E-state index contributed by atoms with van der Waals surface area (Å²) in [7, 11) is 1.55. The molecule has 0 heterocycles. The van der Waals surface area contributed by atoms with Crippen molar-refractivity contribution in [2.75, 3.05) is 43.5 Å². The number of nitrogens with zero attached hydrogens (tertiary/aromatic N) is 3. The van der Waals surface area contributed by atoms with Crippen LogP contribution in [0.25, 0.3) is 0 Å². The Morgan fingerprint density at radius 2 is 1.75 bits per heavy atom. The van der Waals surface area contributed by atoms with E-state index >= 15 is 0 Å². The summed E-state index contributed by atoms with van der Waals surface area (Å²) in [5.74, 6) is 0.228. The van der Waals surface area contributed by atoms with Crippen LogP contribution in [0.3, 0.4) is 0 Å². The van der Waals surface area contributed by atoms with Crippen LogP contribution >= 0.6 is 0 Å². The van der Waals surface area contributed by atoms with Crippen LogP contribution in [-0.2, 0) is 9.59 Å². The van der Waals surface area contributed by atoms with E-state index in [1.807, 2.05) is 56.0 Å². The molecule has 0 aromatic heterocycles. The number of hydrogen-bond donors (Lipinski definition) is 1. The highest BCUT2D eigenvalue weighted by molar-refractivity contribution is 5.96. The highest BCUT2D eigenvalue weighted by atomic mass is 16.5. The molecule has 170 valence electrons. The smallest absolute Gasteiger partial charge is 0.241 e. The predicted octanol–water partition coefficient (Wildman–Crippen LogP) is 3.91. The second-order valence-corrected chi connectivity index (χ2v) is 7.76. The first-order chi connectivity index (χ1) is 15.4. The molecule has 2 aromatic rings. The Morgan fingerprint density at radius 1 is 1.06 bits per heavy atom. The minimum Gasteiger partial charge on any atom is -0.495 e. The summed E-state index contributed by atoms with van der Waals surface area (Å²) in [5, 5.41) is 11.9. The fraction of sp³-hybridized carbons (Fsp3) is 0.400. The molecule has 2 aromatic carbocycles. The van der Waals surface area contributed by atoms with E-state index in [0.717, 1.165) is 23.2 Å². The lowest BCUT2D eigenvalue weighted by molar-refractivity contribution is -0.121. The normalized spacial score (nSPS) is 10.5. The van der Waals surface area contributed by atoms with Crippen LogP contribution in [0.2, 0.25) is 0 Å². The number of benzene rings is 2. The monoisotopic (exact) mass is 436 g/mol. The molecule has 2 rings (SSSR count). The van der Waals surface area contributed by atoms with Gasteiger partial charge in [-0.3, -0.25) is 14.5 Å². The predicted molar refractivity (Wildman–Crippen MR) is 127 cm³/mol. The molecule has 0 aliphatic rings. The summed E-state index contributed by atoms with van der Waals surface area (Å²) >= 11 is 0. The number of para-hydroxylation sites is 2. The SMILES string of the molecule is CCCN(CC(=O)Nc1ccccc1OC)CC(=O)N(CCC#N)c1cc(C)cc(C)c1. The second-order valence-electron chi connectivity index (χ2n) is 7.76. The quantitative estimate of drug-likeness (QED) is 0.577. The van der Waals surface area contributed by atoms with Gasteiger partial charge < -0.3 is 15.0 Å². The molecule has 0 saturated heterocycles. The maximum atomic E-state index is 13.2. The maximum absolute atomic E-state index is 13.2. The first-order valence-electron chi connectivity index (χ1n) is 10.8. The van der Waals surface area contributed by atoms with Crippen LogP contribution in [0, 0.1) is 25.2 Å². The summed E-state index contributed by atoms with van der Waals surface area (Å²) in [6.45, 7) is 7.05. The number of aryl methyl sites for hydroxylation is 2. The van der Waals surface area contributed by atoms with Crippen molar-refractivity contribution in [3.05, 3.63) is 53.6 Å². The highest BCUT2D eigenvalue weighted by Crippen LogP contribution is 2.23. The molecule has 1 N–H and O–H groups in total. The zero-order chi connectivity index (χ0) is 23.5. The summed E-state index contributed by atoms with van der Waals surface area (Å²) in [6, 6.07) is 15.3. The molecular weight excluding hydrogens is 404 g/mol. The van der Waals surface area contributed by atoms with E-state index in [9.17, 15) is 9.59 Å². The molecule has 0 unspecified atom stereocenters. The third-order valence-electron chi connectivity index (χ3n) is 4.91. The van der Waals surface area contributed by atoms with Gasteiger partial charge in [-0.1, -0.05) is 25.1 Å². The van der Waals surface area contributed by atoms with Gasteiger partial charge >= 0.3 is 0 Å². The van der Waals surface area contributed by atoms with Gasteiger partial charge in [-0.2, -0.15) is 5.26 Å². The number of anilines is 2. The summed E-state index contributed by atoms with van der Waals surface area (Å²) in [5.41, 5.74) is 3.47. The topological polar surface area (TPSA) is 85.7 Å². The summed E-state index contributed by atoms with van der Waals surface area (Å²) in [6.07, 6.45) is 1.04. The van der Waals surface area contributed by atoms with Gasteiger partial charge in [0.2, 0.25) is 11.8 Å². The number of methoxy groups -OCH3 is 1. The minimum absolute atomic E-state index is 0.0799. The molecule has 7 nitrogen and oxygen atoms in total. The zero-order valence-corrected chi connectivity index (χ0v) is 19.4. The number of carbonyl (C=O) groups excluding carboxylic acids is 2. The molecule has 2 amide bonds. The average molecular weight is 437 g/mol. The molecular formula is C25H32N4O3. The van der Waals surface area contributed by atoms with Crippen molar-refractivity contribution in [1.82, 2.24) is 4.90 Å². The minimum atomic E-state index is -0.217. The molecule has 0 spiro atoms. The van der Waals surface area contributed by atoms with Gasteiger partial charge in [0.1, 0.15) is 5.75 Å². The fourth-order valence-corrected chi connectivity index (χ4v) is 3.61. The van der Waals surface area contributed by atoms with Crippen molar-refractivity contribution in [3.63, 3.8) is 0 Å². The third-order valence-corrected chi connectivity index (χ3v) is 4.91. The molecule has 7 heteroatoms. The van der Waals surface area contributed by atoms with E-state index in [-0.39, 0.29) is 31.3 Å². The fourth-order valence-electron chi connectivity index (χ4n) is 3.61. The summed E-state index contributed by atoms with van der Waals surface area (Å²) < 4.78 is 5.29. The number of rotatable bonds is 11. The number of carbonyl (C=O) groups is 2. The Hall–Kier alpha value is -3.37. The van der Waals surface area contributed by atoms with Gasteiger partial charge in [-0.25, -0.2) is 0 Å². The van der Waals surface area contributed by atoms with Crippen molar-refractivity contribution in [2.45, 2.75) is 33.6 Å².